The van der Waals surface area contributed by atoms with Crippen LogP contribution in [-0.4, -0.2) is 48.1 Å². The molecule has 4 unspecified atom stereocenters. The lowest BCUT2D eigenvalue weighted by molar-refractivity contribution is -0.139. The van der Waals surface area contributed by atoms with E-state index in [0.717, 1.165) is 0 Å². The van der Waals surface area contributed by atoms with Gasteiger partial charge in [0.15, 0.2) is 0 Å². The Kier molecular flexibility index (Phi) is 5.51. The van der Waals surface area contributed by atoms with Crippen molar-refractivity contribution < 1.29 is 29.3 Å². The maximum absolute atomic E-state index is 12.1. The Labute approximate surface area is 128 Å². The molecule has 6 heteroatoms. The third kappa shape index (κ3) is 3.84. The number of methoxy groups -OCH3 is 1. The van der Waals surface area contributed by atoms with Crippen LogP contribution in [-0.2, 0) is 14.3 Å². The number of carbonyl (C=O) groups is 2. The van der Waals surface area contributed by atoms with Crippen LogP contribution < -0.4 is 0 Å². The van der Waals surface area contributed by atoms with E-state index >= 15 is 0 Å². The molecule has 6 nitrogen and oxygen atoms in total. The van der Waals surface area contributed by atoms with Crippen molar-refractivity contribution in [3.63, 3.8) is 0 Å². The molecule has 0 bridgehead atoms. The summed E-state index contributed by atoms with van der Waals surface area (Å²) >= 11 is 0. The van der Waals surface area contributed by atoms with Crippen LogP contribution in [0.1, 0.15) is 23.2 Å². The van der Waals surface area contributed by atoms with E-state index in [0.29, 0.717) is 5.56 Å². The Balaban J connectivity index is 2.08. The van der Waals surface area contributed by atoms with Gasteiger partial charge in [0.05, 0.1) is 24.7 Å². The lowest BCUT2D eigenvalue weighted by Gasteiger charge is -2.23. The minimum atomic E-state index is -0.986. The molecule has 120 valence electrons. The van der Waals surface area contributed by atoms with E-state index in [9.17, 15) is 14.7 Å². The van der Waals surface area contributed by atoms with Gasteiger partial charge in [0.25, 0.3) is 0 Å². The molecule has 0 amide bonds. The number of aliphatic hydroxyl groups excluding tert-OH is 1. The summed E-state index contributed by atoms with van der Waals surface area (Å²) in [5, 5.41) is 19.0. The number of ether oxygens (including phenoxy) is 2. The van der Waals surface area contributed by atoms with Crippen molar-refractivity contribution in [2.75, 3.05) is 13.7 Å². The van der Waals surface area contributed by atoms with Gasteiger partial charge in [-0.15, -0.1) is 0 Å². The molecule has 0 aromatic heterocycles. The zero-order valence-corrected chi connectivity index (χ0v) is 12.3. The SMILES string of the molecule is COCC1C(OC(=O)c2ccccc2)CC(O)C1CC(=O)O. The van der Waals surface area contributed by atoms with E-state index in [-0.39, 0.29) is 25.4 Å². The van der Waals surface area contributed by atoms with E-state index < -0.39 is 30.1 Å². The van der Waals surface area contributed by atoms with E-state index in [1.54, 1.807) is 30.3 Å². The fraction of sp³-hybridized carbons (Fsp3) is 0.500. The van der Waals surface area contributed by atoms with Crippen molar-refractivity contribution >= 4 is 11.9 Å². The lowest BCUT2D eigenvalue weighted by Crippen LogP contribution is -2.30. The molecule has 2 N–H and O–H groups in total. The molecule has 1 aliphatic carbocycles. The van der Waals surface area contributed by atoms with E-state index in [4.69, 9.17) is 14.6 Å². The Morgan fingerprint density at radius 2 is 1.91 bits per heavy atom. The number of aliphatic hydroxyl groups is 1. The summed E-state index contributed by atoms with van der Waals surface area (Å²) in [4.78, 5) is 23.1. The summed E-state index contributed by atoms with van der Waals surface area (Å²) in [5.74, 6) is -2.27. The lowest BCUT2D eigenvalue weighted by atomic mass is 9.91. The standard InChI is InChI=1S/C16H20O6/c1-21-9-12-11(7-15(18)19)13(17)8-14(12)22-16(20)10-5-3-2-4-6-10/h2-6,11-14,17H,7-9H2,1H3,(H,18,19). The molecule has 1 saturated carbocycles. The predicted molar refractivity (Wildman–Crippen MR) is 77.4 cm³/mol. The Morgan fingerprint density at radius 1 is 1.23 bits per heavy atom. The molecular formula is C16H20O6. The molecular weight excluding hydrogens is 288 g/mol. The van der Waals surface area contributed by atoms with Crippen molar-refractivity contribution in [3.8, 4) is 0 Å². The minimum Gasteiger partial charge on any atom is -0.481 e. The Hall–Kier alpha value is -1.92. The molecule has 0 saturated heterocycles. The topological polar surface area (TPSA) is 93.1 Å². The van der Waals surface area contributed by atoms with Crippen molar-refractivity contribution in [3.05, 3.63) is 35.9 Å². The predicted octanol–water partition coefficient (Wildman–Crippen LogP) is 1.33. The van der Waals surface area contributed by atoms with Gasteiger partial charge in [-0.2, -0.15) is 0 Å². The van der Waals surface area contributed by atoms with Gasteiger partial charge in [-0.25, -0.2) is 4.79 Å². The fourth-order valence-corrected chi connectivity index (χ4v) is 2.98. The van der Waals surface area contributed by atoms with Crippen LogP contribution in [0.15, 0.2) is 30.3 Å². The molecule has 1 aromatic carbocycles. The number of carboxylic acid groups (broad SMARTS) is 1. The zero-order chi connectivity index (χ0) is 16.1. The number of carboxylic acids is 1. The summed E-state index contributed by atoms with van der Waals surface area (Å²) in [6.45, 7) is 0.238. The quantitative estimate of drug-likeness (QED) is 0.770. The van der Waals surface area contributed by atoms with Gasteiger partial charge in [-0.3, -0.25) is 4.79 Å². The van der Waals surface area contributed by atoms with E-state index in [1.165, 1.54) is 7.11 Å². The highest BCUT2D eigenvalue weighted by atomic mass is 16.5. The number of hydrogen-bond acceptors (Lipinski definition) is 5. The molecule has 22 heavy (non-hydrogen) atoms. The normalized spacial score (nSPS) is 27.5. The molecule has 0 heterocycles. The molecule has 1 aliphatic rings. The summed E-state index contributed by atoms with van der Waals surface area (Å²) < 4.78 is 10.6. The largest absolute Gasteiger partial charge is 0.481 e. The number of carbonyl (C=O) groups excluding carboxylic acids is 1. The minimum absolute atomic E-state index is 0.172. The second-order valence-electron chi connectivity index (χ2n) is 5.49. The van der Waals surface area contributed by atoms with Gasteiger partial charge in [0.2, 0.25) is 0 Å². The number of hydrogen-bond donors (Lipinski definition) is 2. The zero-order valence-electron chi connectivity index (χ0n) is 12.3. The molecule has 0 radical (unpaired) electrons. The van der Waals surface area contributed by atoms with Crippen LogP contribution in [0, 0.1) is 11.8 Å². The summed E-state index contributed by atoms with van der Waals surface area (Å²) in [5.41, 5.74) is 0.426. The first kappa shape index (κ1) is 16.5. The van der Waals surface area contributed by atoms with Gasteiger partial charge >= 0.3 is 11.9 Å². The summed E-state index contributed by atoms with van der Waals surface area (Å²) in [6, 6.07) is 8.56. The van der Waals surface area contributed by atoms with Crippen molar-refractivity contribution in [2.45, 2.75) is 25.0 Å². The smallest absolute Gasteiger partial charge is 0.338 e. The van der Waals surface area contributed by atoms with Gasteiger partial charge < -0.3 is 19.7 Å². The highest BCUT2D eigenvalue weighted by molar-refractivity contribution is 5.89. The van der Waals surface area contributed by atoms with Crippen molar-refractivity contribution in [2.24, 2.45) is 11.8 Å². The highest BCUT2D eigenvalue weighted by Crippen LogP contribution is 2.37. The van der Waals surface area contributed by atoms with E-state index in [2.05, 4.69) is 0 Å². The molecule has 0 aliphatic heterocycles. The van der Waals surface area contributed by atoms with Crippen LogP contribution in [0.2, 0.25) is 0 Å². The first-order chi connectivity index (χ1) is 10.5. The fourth-order valence-electron chi connectivity index (χ4n) is 2.98. The first-order valence-corrected chi connectivity index (χ1v) is 7.17. The molecule has 0 spiro atoms. The Bertz CT molecular complexity index is 515. The van der Waals surface area contributed by atoms with Crippen LogP contribution in [0.5, 0.6) is 0 Å². The Morgan fingerprint density at radius 3 is 2.50 bits per heavy atom. The highest BCUT2D eigenvalue weighted by Gasteiger charge is 2.45. The number of benzene rings is 1. The van der Waals surface area contributed by atoms with Gasteiger partial charge in [0, 0.05) is 25.4 Å². The third-order valence-corrected chi connectivity index (χ3v) is 4.03. The number of aliphatic carboxylic acids is 1. The number of rotatable bonds is 6. The second kappa shape index (κ2) is 7.38. The maximum Gasteiger partial charge on any atom is 0.338 e. The van der Waals surface area contributed by atoms with Gasteiger partial charge in [-0.05, 0) is 12.1 Å². The molecule has 1 aromatic rings. The average Bonchev–Trinajstić information content (AvgIpc) is 2.76. The summed E-state index contributed by atoms with van der Waals surface area (Å²) in [7, 11) is 1.50. The number of esters is 1. The molecule has 4 atom stereocenters. The van der Waals surface area contributed by atoms with Crippen molar-refractivity contribution in [1.29, 1.82) is 0 Å². The van der Waals surface area contributed by atoms with Crippen LogP contribution >= 0.6 is 0 Å². The molecule has 2 rings (SSSR count). The second-order valence-corrected chi connectivity index (χ2v) is 5.49. The monoisotopic (exact) mass is 308 g/mol. The van der Waals surface area contributed by atoms with Crippen LogP contribution in [0.3, 0.4) is 0 Å². The van der Waals surface area contributed by atoms with Crippen LogP contribution in [0.25, 0.3) is 0 Å². The van der Waals surface area contributed by atoms with Crippen molar-refractivity contribution in [1.82, 2.24) is 0 Å². The average molecular weight is 308 g/mol. The van der Waals surface area contributed by atoms with Gasteiger partial charge in [0.1, 0.15) is 6.10 Å². The summed E-state index contributed by atoms with van der Waals surface area (Å²) in [6.07, 6.45) is -1.31. The maximum atomic E-state index is 12.1. The molecule has 1 fully saturated rings. The third-order valence-electron chi connectivity index (χ3n) is 4.03. The first-order valence-electron chi connectivity index (χ1n) is 7.17. The van der Waals surface area contributed by atoms with E-state index in [1.807, 2.05) is 0 Å². The van der Waals surface area contributed by atoms with Gasteiger partial charge in [-0.1, -0.05) is 18.2 Å². The van der Waals surface area contributed by atoms with Crippen LogP contribution in [0.4, 0.5) is 0 Å².